The molecule has 7 heteroatoms. The molecule has 1 unspecified atom stereocenters. The number of carbonyl (C=O) groups is 2. The summed E-state index contributed by atoms with van der Waals surface area (Å²) in [7, 11) is 0. The minimum Gasteiger partial charge on any atom is -0.543 e. The fraction of sp³-hybridized carbons (Fsp3) is 0.286. The van der Waals surface area contributed by atoms with Crippen molar-refractivity contribution < 1.29 is 71.2 Å². The van der Waals surface area contributed by atoms with E-state index in [0.717, 1.165) is 0 Å². The first kappa shape index (κ1) is 17.0. The van der Waals surface area contributed by atoms with Gasteiger partial charge in [0.05, 0.1) is 23.0 Å². The van der Waals surface area contributed by atoms with E-state index in [1.165, 1.54) is 16.7 Å². The van der Waals surface area contributed by atoms with Gasteiger partial charge in [-0.05, 0) is 25.0 Å². The molecule has 1 saturated heterocycles. The Bertz CT molecular complexity index is 646. The molecule has 2 heterocycles. The molecule has 104 valence electrons. The minimum absolute atomic E-state index is 0. The number of allylic oxidation sites excluding steroid dienone is 1. The molecule has 0 aliphatic carbocycles. The summed E-state index contributed by atoms with van der Waals surface area (Å²) in [6, 6.07) is 6.87. The van der Waals surface area contributed by atoms with E-state index in [-0.39, 0.29) is 80.0 Å². The van der Waals surface area contributed by atoms with E-state index in [4.69, 9.17) is 0 Å². The summed E-state index contributed by atoms with van der Waals surface area (Å²) in [6.07, 6.45) is 0.410. The Morgan fingerprint density at radius 1 is 1.43 bits per heavy atom. The monoisotopic (exact) mass is 329 g/mol. The standard InChI is InChI=1S/C14H13NO4S.K/c1-7-11(14(18)19)15-12(17)9(13(15)20-7)6-8-4-2-3-5-10(8)16;/h2-5,9,13,16H,6H2,1H3,(H,18,19);/q;+1/p-1/t9?,13-;/m1./s1. The van der Waals surface area contributed by atoms with Gasteiger partial charge in [0.25, 0.3) is 0 Å². The molecule has 3 rings (SSSR count). The van der Waals surface area contributed by atoms with Gasteiger partial charge in [-0.25, -0.2) is 0 Å². The van der Waals surface area contributed by atoms with Crippen molar-refractivity contribution in [2.75, 3.05) is 0 Å². The number of thioether (sulfide) groups is 1. The number of carboxylic acid groups (broad SMARTS) is 1. The van der Waals surface area contributed by atoms with Crippen LogP contribution in [0.3, 0.4) is 0 Å². The predicted molar refractivity (Wildman–Crippen MR) is 71.2 cm³/mol. The Hall–Kier alpha value is -0.314. The second-order valence-electron chi connectivity index (χ2n) is 4.85. The molecule has 0 saturated carbocycles. The van der Waals surface area contributed by atoms with Crippen molar-refractivity contribution in [3.05, 3.63) is 40.4 Å². The van der Waals surface area contributed by atoms with E-state index in [0.29, 0.717) is 16.9 Å². The maximum atomic E-state index is 12.1. The number of carbonyl (C=O) groups excluding carboxylic acids is 2. The van der Waals surface area contributed by atoms with Crippen molar-refractivity contribution in [1.29, 1.82) is 0 Å². The van der Waals surface area contributed by atoms with Crippen molar-refractivity contribution >= 4 is 23.6 Å². The zero-order valence-electron chi connectivity index (χ0n) is 11.7. The molecule has 5 nitrogen and oxygen atoms in total. The topological polar surface area (TPSA) is 80.7 Å². The van der Waals surface area contributed by atoms with Crippen LogP contribution in [-0.2, 0) is 16.0 Å². The normalized spacial score (nSPS) is 23.5. The third-order valence-electron chi connectivity index (χ3n) is 3.65. The van der Waals surface area contributed by atoms with Crippen LogP contribution in [0, 0.1) is 5.92 Å². The number of hydrogen-bond acceptors (Lipinski definition) is 5. The summed E-state index contributed by atoms with van der Waals surface area (Å²) in [5.74, 6) is -1.68. The Balaban J connectivity index is 0.00000161. The van der Waals surface area contributed by atoms with Crippen molar-refractivity contribution in [2.45, 2.75) is 18.7 Å². The number of phenols is 1. The molecule has 1 amide bonds. The molecular weight excluding hydrogens is 317 g/mol. The summed E-state index contributed by atoms with van der Waals surface area (Å²) < 4.78 is 0. The number of amides is 1. The Kier molecular flexibility index (Phi) is 5.22. The molecule has 1 fully saturated rings. The smallest absolute Gasteiger partial charge is 0.543 e. The van der Waals surface area contributed by atoms with Gasteiger partial charge in [-0.3, -0.25) is 9.69 Å². The van der Waals surface area contributed by atoms with Gasteiger partial charge >= 0.3 is 51.4 Å². The van der Waals surface area contributed by atoms with Crippen molar-refractivity contribution in [3.63, 3.8) is 0 Å². The van der Waals surface area contributed by atoms with E-state index in [9.17, 15) is 19.8 Å². The van der Waals surface area contributed by atoms with Gasteiger partial charge in [-0.2, -0.15) is 0 Å². The van der Waals surface area contributed by atoms with Crippen LogP contribution in [-0.4, -0.2) is 27.3 Å². The van der Waals surface area contributed by atoms with Gasteiger partial charge < -0.3 is 15.0 Å². The molecular formula is C14H12KNO4S. The number of phenolic OH excluding ortho intramolecular Hbond substituents is 1. The SMILES string of the molecule is CC1=C(C(=O)[O-])N2C(=O)C(Cc3ccccc3O)[C@H]2S1.[K+]. The number of para-hydroxylation sites is 1. The molecule has 2 aliphatic rings. The van der Waals surface area contributed by atoms with Gasteiger partial charge in [0.1, 0.15) is 5.75 Å². The van der Waals surface area contributed by atoms with Gasteiger partial charge in [0, 0.05) is 4.91 Å². The molecule has 2 aliphatic heterocycles. The second kappa shape index (κ2) is 6.43. The quantitative estimate of drug-likeness (QED) is 0.488. The van der Waals surface area contributed by atoms with Crippen molar-refractivity contribution in [3.8, 4) is 5.75 Å². The fourth-order valence-electron chi connectivity index (χ4n) is 2.65. The molecule has 1 N–H and O–H groups in total. The van der Waals surface area contributed by atoms with E-state index in [1.807, 2.05) is 0 Å². The van der Waals surface area contributed by atoms with E-state index in [2.05, 4.69) is 0 Å². The summed E-state index contributed by atoms with van der Waals surface area (Å²) >= 11 is 1.37. The number of rotatable bonds is 3. The maximum Gasteiger partial charge on any atom is 1.00 e. The Labute approximate surface area is 168 Å². The van der Waals surface area contributed by atoms with Crippen LogP contribution >= 0.6 is 11.8 Å². The maximum absolute atomic E-state index is 12.1. The van der Waals surface area contributed by atoms with Crippen LogP contribution in [0.25, 0.3) is 0 Å². The number of carboxylic acids is 1. The number of hydrogen-bond donors (Lipinski definition) is 1. The number of aliphatic carboxylic acids is 1. The minimum atomic E-state index is -1.31. The van der Waals surface area contributed by atoms with Crippen LogP contribution in [0.15, 0.2) is 34.9 Å². The zero-order chi connectivity index (χ0) is 14.4. The molecule has 2 atom stereocenters. The molecule has 0 spiro atoms. The predicted octanol–water partition coefficient (Wildman–Crippen LogP) is -2.55. The summed E-state index contributed by atoms with van der Waals surface area (Å²) in [5, 5.41) is 20.6. The first-order valence-electron chi connectivity index (χ1n) is 6.19. The van der Waals surface area contributed by atoms with E-state index < -0.39 is 5.97 Å². The van der Waals surface area contributed by atoms with Crippen LogP contribution in [0.5, 0.6) is 5.75 Å². The van der Waals surface area contributed by atoms with Crippen molar-refractivity contribution in [1.82, 2.24) is 4.90 Å². The van der Waals surface area contributed by atoms with Crippen LogP contribution in [0.4, 0.5) is 0 Å². The molecule has 1 aromatic carbocycles. The summed E-state index contributed by atoms with van der Waals surface area (Å²) in [6.45, 7) is 1.68. The van der Waals surface area contributed by atoms with Gasteiger partial charge in [0.2, 0.25) is 5.91 Å². The number of nitrogens with zero attached hydrogens (tertiary/aromatic N) is 1. The van der Waals surface area contributed by atoms with Crippen LogP contribution < -0.4 is 56.5 Å². The fourth-order valence-corrected chi connectivity index (χ4v) is 4.00. The average molecular weight is 329 g/mol. The largest absolute Gasteiger partial charge is 1.00 e. The Morgan fingerprint density at radius 3 is 2.71 bits per heavy atom. The molecule has 21 heavy (non-hydrogen) atoms. The third kappa shape index (κ3) is 2.83. The van der Waals surface area contributed by atoms with Gasteiger partial charge in [0.15, 0.2) is 0 Å². The van der Waals surface area contributed by atoms with E-state index >= 15 is 0 Å². The summed E-state index contributed by atoms with van der Waals surface area (Å²) in [5.41, 5.74) is 0.684. The molecule has 1 aromatic rings. The number of fused-ring (bicyclic) bond motifs is 1. The second-order valence-corrected chi connectivity index (χ2v) is 6.18. The average Bonchev–Trinajstić information content (AvgIpc) is 2.72. The van der Waals surface area contributed by atoms with Crippen molar-refractivity contribution in [2.24, 2.45) is 5.92 Å². The van der Waals surface area contributed by atoms with Gasteiger partial charge in [-0.1, -0.05) is 18.2 Å². The number of benzene rings is 1. The molecule has 0 aromatic heterocycles. The summed E-state index contributed by atoms with van der Waals surface area (Å²) in [4.78, 5) is 25.1. The Morgan fingerprint density at radius 2 is 2.10 bits per heavy atom. The first-order valence-corrected chi connectivity index (χ1v) is 7.07. The number of aromatic hydroxyl groups is 1. The first-order chi connectivity index (χ1) is 9.50. The van der Waals surface area contributed by atoms with E-state index in [1.54, 1.807) is 31.2 Å². The van der Waals surface area contributed by atoms with Crippen LogP contribution in [0.2, 0.25) is 0 Å². The molecule has 0 bridgehead atoms. The third-order valence-corrected chi connectivity index (χ3v) is 4.98. The number of β-lactam (4-membered cyclic amide) rings is 1. The zero-order valence-corrected chi connectivity index (χ0v) is 15.6. The molecule has 0 radical (unpaired) electrons. The van der Waals surface area contributed by atoms with Gasteiger partial charge in [-0.15, -0.1) is 11.8 Å². The van der Waals surface area contributed by atoms with Crippen LogP contribution in [0.1, 0.15) is 12.5 Å².